The first-order valence-corrected chi connectivity index (χ1v) is 8.71. The van der Waals surface area contributed by atoms with E-state index in [1.54, 1.807) is 0 Å². The summed E-state index contributed by atoms with van der Waals surface area (Å²) in [5, 5.41) is 2.76. The largest absolute Gasteiger partial charge is 0.414 e. The van der Waals surface area contributed by atoms with Crippen LogP contribution in [0.2, 0.25) is 0 Å². The third kappa shape index (κ3) is 4.55. The number of hydrogen-bond acceptors (Lipinski definition) is 5. The van der Waals surface area contributed by atoms with Crippen LogP contribution >= 0.6 is 11.3 Å². The van der Waals surface area contributed by atoms with Gasteiger partial charge in [0, 0.05) is 6.20 Å². The Morgan fingerprint density at radius 2 is 2.04 bits per heavy atom. The maximum absolute atomic E-state index is 13.3. The van der Waals surface area contributed by atoms with E-state index < -0.39 is 18.1 Å². The molecule has 1 unspecified atom stereocenters. The van der Waals surface area contributed by atoms with E-state index in [-0.39, 0.29) is 10.6 Å². The van der Waals surface area contributed by atoms with Crippen LogP contribution in [-0.4, -0.2) is 40.0 Å². The van der Waals surface area contributed by atoms with Crippen LogP contribution in [0.4, 0.5) is 13.2 Å². The van der Waals surface area contributed by atoms with Gasteiger partial charge in [-0.05, 0) is 38.1 Å². The Morgan fingerprint density at radius 1 is 1.28 bits per heavy atom. The average molecular weight is 370 g/mol. The molecule has 134 valence electrons. The summed E-state index contributed by atoms with van der Waals surface area (Å²) in [6.07, 6.45) is 0.234. The third-order valence-corrected chi connectivity index (χ3v) is 4.90. The van der Waals surface area contributed by atoms with Crippen LogP contribution in [0, 0.1) is 0 Å². The van der Waals surface area contributed by atoms with E-state index in [4.69, 9.17) is 0 Å². The molecule has 0 radical (unpaired) electrons. The molecule has 0 aromatic carbocycles. The molecule has 25 heavy (non-hydrogen) atoms. The van der Waals surface area contributed by atoms with E-state index in [0.717, 1.165) is 42.3 Å². The number of rotatable bonds is 5. The maximum atomic E-state index is 13.3. The number of pyridine rings is 1. The molecule has 9 heteroatoms. The van der Waals surface area contributed by atoms with Gasteiger partial charge in [0.15, 0.2) is 6.04 Å². The molecule has 1 saturated heterocycles. The molecule has 1 amide bonds. The summed E-state index contributed by atoms with van der Waals surface area (Å²) < 4.78 is 39.9. The van der Waals surface area contributed by atoms with Gasteiger partial charge in [-0.3, -0.25) is 14.7 Å². The second-order valence-electron chi connectivity index (χ2n) is 5.80. The molecule has 0 bridgehead atoms. The minimum absolute atomic E-state index is 0.166. The van der Waals surface area contributed by atoms with E-state index in [9.17, 15) is 18.0 Å². The number of hydrogen-bond donors (Lipinski definition) is 1. The Kier molecular flexibility index (Phi) is 5.33. The van der Waals surface area contributed by atoms with Crippen molar-refractivity contribution >= 4 is 17.2 Å². The van der Waals surface area contributed by atoms with Gasteiger partial charge >= 0.3 is 6.18 Å². The highest BCUT2D eigenvalue weighted by Gasteiger charge is 2.43. The SMILES string of the molecule is O=C(NC(c1ccccn1)C(F)(F)F)c1cnc(CN2CCCC2)s1. The summed E-state index contributed by atoms with van der Waals surface area (Å²) in [4.78, 5) is 22.5. The number of nitrogens with one attached hydrogen (secondary N) is 1. The number of halogens is 3. The molecule has 1 atom stereocenters. The van der Waals surface area contributed by atoms with Gasteiger partial charge in [0.1, 0.15) is 9.88 Å². The number of aromatic nitrogens is 2. The third-order valence-electron chi connectivity index (χ3n) is 3.92. The van der Waals surface area contributed by atoms with E-state index >= 15 is 0 Å². The second kappa shape index (κ2) is 7.49. The summed E-state index contributed by atoms with van der Waals surface area (Å²) >= 11 is 1.12. The predicted octanol–water partition coefficient (Wildman–Crippen LogP) is 3.17. The van der Waals surface area contributed by atoms with Crippen molar-refractivity contribution in [3.05, 3.63) is 46.2 Å². The lowest BCUT2D eigenvalue weighted by Gasteiger charge is -2.20. The van der Waals surface area contributed by atoms with Crippen molar-refractivity contribution in [2.24, 2.45) is 0 Å². The van der Waals surface area contributed by atoms with Crippen LogP contribution in [-0.2, 0) is 6.54 Å². The van der Waals surface area contributed by atoms with Crippen molar-refractivity contribution < 1.29 is 18.0 Å². The topological polar surface area (TPSA) is 58.1 Å². The number of amides is 1. The van der Waals surface area contributed by atoms with Gasteiger partial charge in [-0.1, -0.05) is 6.07 Å². The van der Waals surface area contributed by atoms with Crippen LogP contribution in [0.5, 0.6) is 0 Å². The number of alkyl halides is 3. The molecule has 5 nitrogen and oxygen atoms in total. The van der Waals surface area contributed by atoms with Gasteiger partial charge in [0.2, 0.25) is 0 Å². The van der Waals surface area contributed by atoms with Crippen LogP contribution in [0.25, 0.3) is 0 Å². The number of carbonyl (C=O) groups excluding carboxylic acids is 1. The maximum Gasteiger partial charge on any atom is 0.414 e. The molecule has 0 aliphatic carbocycles. The molecule has 2 aromatic heterocycles. The Morgan fingerprint density at radius 3 is 2.68 bits per heavy atom. The first kappa shape index (κ1) is 17.8. The lowest BCUT2D eigenvalue weighted by atomic mass is 10.1. The molecular weight excluding hydrogens is 353 g/mol. The van der Waals surface area contributed by atoms with E-state index in [2.05, 4.69) is 14.9 Å². The number of nitrogens with zero attached hydrogens (tertiary/aromatic N) is 3. The second-order valence-corrected chi connectivity index (χ2v) is 6.92. The van der Waals surface area contributed by atoms with E-state index in [1.807, 2.05) is 5.32 Å². The zero-order valence-corrected chi connectivity index (χ0v) is 14.1. The van der Waals surface area contributed by atoms with Gasteiger partial charge < -0.3 is 5.32 Å². The quantitative estimate of drug-likeness (QED) is 0.878. The molecule has 1 aliphatic rings. The summed E-state index contributed by atoms with van der Waals surface area (Å²) in [7, 11) is 0. The van der Waals surface area contributed by atoms with Crippen LogP contribution in [0.1, 0.15) is 39.3 Å². The molecule has 1 aliphatic heterocycles. The van der Waals surface area contributed by atoms with Crippen LogP contribution < -0.4 is 5.32 Å². The first-order valence-electron chi connectivity index (χ1n) is 7.89. The number of thiazole rings is 1. The first-order chi connectivity index (χ1) is 11.9. The molecule has 2 aromatic rings. The summed E-state index contributed by atoms with van der Waals surface area (Å²) in [6, 6.07) is 2.07. The van der Waals surface area contributed by atoms with Crippen LogP contribution in [0.15, 0.2) is 30.6 Å². The van der Waals surface area contributed by atoms with Crippen molar-refractivity contribution in [2.75, 3.05) is 13.1 Å². The Balaban J connectivity index is 1.70. The number of likely N-dealkylation sites (tertiary alicyclic amines) is 1. The minimum atomic E-state index is -4.63. The molecular formula is C16H17F3N4OS. The monoisotopic (exact) mass is 370 g/mol. The van der Waals surface area contributed by atoms with Crippen molar-refractivity contribution in [1.29, 1.82) is 0 Å². The smallest absolute Gasteiger partial charge is 0.335 e. The van der Waals surface area contributed by atoms with E-state index in [0.29, 0.717) is 6.54 Å². The van der Waals surface area contributed by atoms with Gasteiger partial charge in [-0.25, -0.2) is 4.98 Å². The standard InChI is InChI=1S/C16H17F3N4OS/c17-16(18,19)14(11-5-1-2-6-20-11)22-15(24)12-9-21-13(25-12)10-23-7-3-4-8-23/h1-2,5-6,9,14H,3-4,7-8,10H2,(H,22,24). The van der Waals surface area contributed by atoms with Crippen molar-refractivity contribution in [1.82, 2.24) is 20.2 Å². The average Bonchev–Trinajstić information content (AvgIpc) is 3.24. The highest BCUT2D eigenvalue weighted by atomic mass is 32.1. The Bertz CT molecular complexity index is 714. The van der Waals surface area contributed by atoms with Gasteiger partial charge in [-0.2, -0.15) is 13.2 Å². The molecule has 1 fully saturated rings. The molecule has 1 N–H and O–H groups in total. The van der Waals surface area contributed by atoms with Gasteiger partial charge in [-0.15, -0.1) is 11.3 Å². The van der Waals surface area contributed by atoms with Crippen molar-refractivity contribution in [2.45, 2.75) is 31.6 Å². The zero-order chi connectivity index (χ0) is 17.9. The molecule has 0 saturated carbocycles. The number of carbonyl (C=O) groups is 1. The van der Waals surface area contributed by atoms with Crippen molar-refractivity contribution in [3.63, 3.8) is 0 Å². The summed E-state index contributed by atoms with van der Waals surface area (Å²) in [5.41, 5.74) is -0.245. The summed E-state index contributed by atoms with van der Waals surface area (Å²) in [6.45, 7) is 2.59. The fourth-order valence-corrected chi connectivity index (χ4v) is 3.56. The molecule has 3 heterocycles. The molecule has 0 spiro atoms. The highest BCUT2D eigenvalue weighted by Crippen LogP contribution is 2.32. The molecule has 3 rings (SSSR count). The highest BCUT2D eigenvalue weighted by molar-refractivity contribution is 7.13. The fourth-order valence-electron chi connectivity index (χ4n) is 2.69. The lowest BCUT2D eigenvalue weighted by Crippen LogP contribution is -2.38. The Hall–Kier alpha value is -2.00. The Labute approximate surface area is 146 Å². The van der Waals surface area contributed by atoms with Gasteiger partial charge in [0.05, 0.1) is 18.4 Å². The summed E-state index contributed by atoms with van der Waals surface area (Å²) in [5.74, 6) is -0.793. The lowest BCUT2D eigenvalue weighted by molar-refractivity contribution is -0.156. The van der Waals surface area contributed by atoms with Crippen LogP contribution in [0.3, 0.4) is 0 Å². The zero-order valence-electron chi connectivity index (χ0n) is 13.3. The van der Waals surface area contributed by atoms with Gasteiger partial charge in [0.25, 0.3) is 5.91 Å². The van der Waals surface area contributed by atoms with E-state index in [1.165, 1.54) is 30.6 Å². The minimum Gasteiger partial charge on any atom is -0.335 e. The predicted molar refractivity (Wildman–Crippen MR) is 87.1 cm³/mol. The normalized spacial score (nSPS) is 16.8. The fraction of sp³-hybridized carbons (Fsp3) is 0.438. The van der Waals surface area contributed by atoms with Crippen molar-refractivity contribution in [3.8, 4) is 0 Å².